The van der Waals surface area contributed by atoms with Crippen molar-refractivity contribution in [2.45, 2.75) is 13.3 Å². The summed E-state index contributed by atoms with van der Waals surface area (Å²) in [6.07, 6.45) is 1.32. The fourth-order valence-corrected chi connectivity index (χ4v) is 2.01. The number of aromatic nitrogens is 1. The van der Waals surface area contributed by atoms with E-state index in [0.717, 1.165) is 24.2 Å². The zero-order valence-electron chi connectivity index (χ0n) is 9.07. The van der Waals surface area contributed by atoms with Gasteiger partial charge in [0.1, 0.15) is 11.0 Å². The van der Waals surface area contributed by atoms with Crippen LogP contribution in [0.5, 0.6) is 0 Å². The standard InChI is InChI=1S/C11H16ClN3/c1-7-3-8(7)6-15(2)11-5-9(13)4-10(12)14-11/h4-5,7-8H,3,6H2,1-2H3,(H2,13,14). The first kappa shape index (κ1) is 10.6. The Morgan fingerprint density at radius 3 is 2.80 bits per heavy atom. The van der Waals surface area contributed by atoms with Crippen molar-refractivity contribution in [3.63, 3.8) is 0 Å². The highest BCUT2D eigenvalue weighted by Crippen LogP contribution is 2.38. The predicted molar refractivity (Wildman–Crippen MR) is 64.2 cm³/mol. The quantitative estimate of drug-likeness (QED) is 0.804. The summed E-state index contributed by atoms with van der Waals surface area (Å²) < 4.78 is 0. The molecule has 2 unspecified atom stereocenters. The fourth-order valence-electron chi connectivity index (χ4n) is 1.80. The molecule has 0 radical (unpaired) electrons. The summed E-state index contributed by atoms with van der Waals surface area (Å²) in [6.45, 7) is 3.31. The third kappa shape index (κ3) is 2.53. The van der Waals surface area contributed by atoms with Crippen LogP contribution in [-0.2, 0) is 0 Å². The fraction of sp³-hybridized carbons (Fsp3) is 0.545. The van der Waals surface area contributed by atoms with Crippen LogP contribution >= 0.6 is 11.6 Å². The molecule has 0 aliphatic heterocycles. The van der Waals surface area contributed by atoms with Crippen molar-refractivity contribution in [1.29, 1.82) is 0 Å². The Hall–Kier alpha value is -0.960. The lowest BCUT2D eigenvalue weighted by Crippen LogP contribution is -2.21. The van der Waals surface area contributed by atoms with E-state index in [1.54, 1.807) is 6.07 Å². The van der Waals surface area contributed by atoms with Gasteiger partial charge in [0.2, 0.25) is 0 Å². The summed E-state index contributed by atoms with van der Waals surface area (Å²) in [5.41, 5.74) is 6.39. The molecule has 2 atom stereocenters. The van der Waals surface area contributed by atoms with Crippen LogP contribution in [0.1, 0.15) is 13.3 Å². The van der Waals surface area contributed by atoms with Gasteiger partial charge in [-0.3, -0.25) is 0 Å². The summed E-state index contributed by atoms with van der Waals surface area (Å²) in [5.74, 6) is 2.51. The van der Waals surface area contributed by atoms with E-state index in [9.17, 15) is 0 Å². The van der Waals surface area contributed by atoms with Crippen molar-refractivity contribution < 1.29 is 0 Å². The third-order valence-corrected chi connectivity index (χ3v) is 3.17. The molecule has 1 aromatic heterocycles. The molecule has 3 nitrogen and oxygen atoms in total. The van der Waals surface area contributed by atoms with Gasteiger partial charge in [0.25, 0.3) is 0 Å². The highest BCUT2D eigenvalue weighted by Gasteiger charge is 2.33. The molecule has 0 spiro atoms. The molecule has 0 aromatic carbocycles. The molecule has 0 amide bonds. The third-order valence-electron chi connectivity index (χ3n) is 2.98. The van der Waals surface area contributed by atoms with Gasteiger partial charge in [0, 0.05) is 25.3 Å². The molecule has 4 heteroatoms. The molecule has 1 heterocycles. The van der Waals surface area contributed by atoms with Crippen LogP contribution in [0.3, 0.4) is 0 Å². The smallest absolute Gasteiger partial charge is 0.133 e. The van der Waals surface area contributed by atoms with E-state index in [0.29, 0.717) is 10.8 Å². The minimum Gasteiger partial charge on any atom is -0.399 e. The molecule has 1 saturated carbocycles. The van der Waals surface area contributed by atoms with E-state index in [1.807, 2.05) is 13.1 Å². The second-order valence-corrected chi connectivity index (χ2v) is 4.82. The molecule has 1 fully saturated rings. The number of anilines is 2. The summed E-state index contributed by atoms with van der Waals surface area (Å²) in [4.78, 5) is 6.37. The predicted octanol–water partition coefficient (Wildman–Crippen LogP) is 2.41. The summed E-state index contributed by atoms with van der Waals surface area (Å²) in [5, 5.41) is 0.459. The van der Waals surface area contributed by atoms with Gasteiger partial charge >= 0.3 is 0 Å². The normalized spacial score (nSPS) is 23.9. The van der Waals surface area contributed by atoms with Gasteiger partial charge < -0.3 is 10.6 Å². The van der Waals surface area contributed by atoms with Gasteiger partial charge in [-0.1, -0.05) is 18.5 Å². The van der Waals surface area contributed by atoms with Gasteiger partial charge in [-0.05, 0) is 24.3 Å². The zero-order chi connectivity index (χ0) is 11.0. The number of halogens is 1. The van der Waals surface area contributed by atoms with E-state index < -0.39 is 0 Å². The Kier molecular flexibility index (Phi) is 2.74. The Morgan fingerprint density at radius 2 is 2.27 bits per heavy atom. The SMILES string of the molecule is CC1CC1CN(C)c1cc(N)cc(Cl)n1. The second-order valence-electron chi connectivity index (χ2n) is 4.43. The molecule has 82 valence electrons. The molecule has 0 bridgehead atoms. The highest BCUT2D eigenvalue weighted by atomic mass is 35.5. The average Bonchev–Trinajstić information content (AvgIpc) is 2.79. The van der Waals surface area contributed by atoms with E-state index in [4.69, 9.17) is 17.3 Å². The number of rotatable bonds is 3. The van der Waals surface area contributed by atoms with Crippen LogP contribution in [-0.4, -0.2) is 18.6 Å². The molecule has 1 aromatic rings. The van der Waals surface area contributed by atoms with E-state index >= 15 is 0 Å². The van der Waals surface area contributed by atoms with Crippen molar-refractivity contribution in [2.24, 2.45) is 11.8 Å². The van der Waals surface area contributed by atoms with Crippen molar-refractivity contribution in [2.75, 3.05) is 24.2 Å². The van der Waals surface area contributed by atoms with Gasteiger partial charge in [0.15, 0.2) is 0 Å². The lowest BCUT2D eigenvalue weighted by molar-refractivity contribution is 0.720. The van der Waals surface area contributed by atoms with Crippen LogP contribution in [0.2, 0.25) is 5.15 Å². The topological polar surface area (TPSA) is 42.1 Å². The number of nitrogen functional groups attached to an aromatic ring is 1. The van der Waals surface area contributed by atoms with Gasteiger partial charge in [-0.2, -0.15) is 0 Å². The number of nitrogens with two attached hydrogens (primary N) is 1. The second kappa shape index (κ2) is 3.89. The van der Waals surface area contributed by atoms with Crippen LogP contribution in [0.15, 0.2) is 12.1 Å². The first-order valence-electron chi connectivity index (χ1n) is 5.20. The van der Waals surface area contributed by atoms with Crippen LogP contribution in [0.4, 0.5) is 11.5 Å². The van der Waals surface area contributed by atoms with Crippen molar-refractivity contribution in [3.8, 4) is 0 Å². The zero-order valence-corrected chi connectivity index (χ0v) is 9.83. The lowest BCUT2D eigenvalue weighted by atomic mass is 10.3. The van der Waals surface area contributed by atoms with Gasteiger partial charge in [-0.15, -0.1) is 0 Å². The molecular formula is C11H16ClN3. The number of nitrogens with zero attached hydrogens (tertiary/aromatic N) is 2. The number of hydrogen-bond donors (Lipinski definition) is 1. The first-order chi connectivity index (χ1) is 7.06. The molecule has 1 aliphatic rings. The Labute approximate surface area is 95.2 Å². The monoisotopic (exact) mass is 225 g/mol. The van der Waals surface area contributed by atoms with Crippen LogP contribution in [0.25, 0.3) is 0 Å². The maximum atomic E-state index is 5.86. The van der Waals surface area contributed by atoms with Crippen LogP contribution in [0, 0.1) is 11.8 Å². The minimum atomic E-state index is 0.459. The summed E-state index contributed by atoms with van der Waals surface area (Å²) in [7, 11) is 2.03. The van der Waals surface area contributed by atoms with Crippen molar-refractivity contribution in [1.82, 2.24) is 4.98 Å². The maximum absolute atomic E-state index is 5.86. The average molecular weight is 226 g/mol. The molecule has 0 saturated heterocycles. The van der Waals surface area contributed by atoms with E-state index in [-0.39, 0.29) is 0 Å². The molecular weight excluding hydrogens is 210 g/mol. The Balaban J connectivity index is 2.07. The maximum Gasteiger partial charge on any atom is 0.133 e. The summed E-state index contributed by atoms with van der Waals surface area (Å²) >= 11 is 5.86. The van der Waals surface area contributed by atoms with Crippen LogP contribution < -0.4 is 10.6 Å². The van der Waals surface area contributed by atoms with Gasteiger partial charge in [-0.25, -0.2) is 4.98 Å². The largest absolute Gasteiger partial charge is 0.399 e. The van der Waals surface area contributed by atoms with E-state index in [1.165, 1.54) is 6.42 Å². The summed E-state index contributed by atoms with van der Waals surface area (Å²) in [6, 6.07) is 3.53. The number of pyridine rings is 1. The minimum absolute atomic E-state index is 0.459. The highest BCUT2D eigenvalue weighted by molar-refractivity contribution is 6.29. The van der Waals surface area contributed by atoms with Gasteiger partial charge in [0.05, 0.1) is 0 Å². The molecule has 2 N–H and O–H groups in total. The first-order valence-corrected chi connectivity index (χ1v) is 5.58. The molecule has 15 heavy (non-hydrogen) atoms. The van der Waals surface area contributed by atoms with E-state index in [2.05, 4.69) is 16.8 Å². The van der Waals surface area contributed by atoms with Crippen molar-refractivity contribution in [3.05, 3.63) is 17.3 Å². The molecule has 2 rings (SSSR count). The van der Waals surface area contributed by atoms with Crippen molar-refractivity contribution >= 4 is 23.1 Å². The Bertz CT molecular complexity index is 347. The molecule has 1 aliphatic carbocycles. The lowest BCUT2D eigenvalue weighted by Gasteiger charge is -2.18. The number of hydrogen-bond acceptors (Lipinski definition) is 3. The Morgan fingerprint density at radius 1 is 1.60 bits per heavy atom.